The van der Waals surface area contributed by atoms with Gasteiger partial charge in [-0.3, -0.25) is 9.78 Å². The molecule has 0 aliphatic carbocycles. The van der Waals surface area contributed by atoms with Crippen molar-refractivity contribution in [1.29, 1.82) is 0 Å². The van der Waals surface area contributed by atoms with Gasteiger partial charge < -0.3 is 30.9 Å². The summed E-state index contributed by atoms with van der Waals surface area (Å²) >= 11 is 0. The van der Waals surface area contributed by atoms with Gasteiger partial charge in [0.25, 0.3) is 5.91 Å². The van der Waals surface area contributed by atoms with Gasteiger partial charge in [0.1, 0.15) is 0 Å². The topological polar surface area (TPSA) is 162 Å². The molecular formula is C26H26N6O5. The number of rotatable bonds is 9. The van der Waals surface area contributed by atoms with E-state index >= 15 is 0 Å². The molecule has 0 fully saturated rings. The Kier molecular flexibility index (Phi) is 7.05. The van der Waals surface area contributed by atoms with E-state index in [-0.39, 0.29) is 23.2 Å². The summed E-state index contributed by atoms with van der Waals surface area (Å²) in [4.78, 5) is 36.8. The first kappa shape index (κ1) is 25.2. The molecule has 11 heteroatoms. The average molecular weight is 503 g/mol. The van der Waals surface area contributed by atoms with Crippen molar-refractivity contribution in [2.75, 3.05) is 24.9 Å². The van der Waals surface area contributed by atoms with Crippen LogP contribution in [0.5, 0.6) is 11.9 Å². The Morgan fingerprint density at radius 2 is 1.76 bits per heavy atom. The molecule has 1 amide bonds. The first-order valence-electron chi connectivity index (χ1n) is 11.3. The minimum atomic E-state index is -1.08. The number of pyridine rings is 1. The lowest BCUT2D eigenvalue weighted by Gasteiger charge is -2.17. The molecule has 0 unspecified atom stereocenters. The molecule has 11 nitrogen and oxygen atoms in total. The number of nitrogens with zero attached hydrogens (tertiary/aromatic N) is 3. The molecule has 0 aliphatic heterocycles. The minimum absolute atomic E-state index is 0.0807. The lowest BCUT2D eigenvalue weighted by molar-refractivity contribution is 0.0696. The number of hydrogen-bond donors (Lipinski definition) is 4. The summed E-state index contributed by atoms with van der Waals surface area (Å²) in [6.07, 6.45) is 2.97. The lowest BCUT2D eigenvalue weighted by Crippen LogP contribution is -2.15. The van der Waals surface area contributed by atoms with Crippen LogP contribution >= 0.6 is 0 Å². The molecule has 2 heterocycles. The first-order valence-corrected chi connectivity index (χ1v) is 11.3. The number of aromatic carboxylic acids is 1. The normalized spacial score (nSPS) is 10.8. The Morgan fingerprint density at radius 1 is 1.00 bits per heavy atom. The second kappa shape index (κ2) is 10.4. The highest BCUT2D eigenvalue weighted by Gasteiger charge is 2.17. The number of carbonyl (C=O) groups excluding carboxylic acids is 1. The number of benzene rings is 2. The van der Waals surface area contributed by atoms with Crippen molar-refractivity contribution >= 4 is 39.8 Å². The summed E-state index contributed by atoms with van der Waals surface area (Å²) in [5.41, 5.74) is 9.28. The van der Waals surface area contributed by atoms with E-state index in [2.05, 4.69) is 25.6 Å². The highest BCUT2D eigenvalue weighted by molar-refractivity contribution is 6.08. The maximum Gasteiger partial charge on any atom is 0.335 e. The predicted octanol–water partition coefficient (Wildman–Crippen LogP) is 4.07. The Balaban J connectivity index is 1.84. The molecule has 0 radical (unpaired) electrons. The number of carbonyl (C=O) groups is 2. The Labute approximate surface area is 212 Å². The SMILES string of the molecule is COc1ncc(-c2ccc3c(Nc4cc(NC(C)C)cc(C(=O)O)c4)c(C(N)=O)cnc3c2)c(OC)n1. The van der Waals surface area contributed by atoms with Crippen molar-refractivity contribution in [3.05, 3.63) is 59.9 Å². The van der Waals surface area contributed by atoms with E-state index in [1.165, 1.54) is 26.5 Å². The van der Waals surface area contributed by atoms with Gasteiger partial charge in [-0.05, 0) is 43.7 Å². The van der Waals surface area contributed by atoms with Crippen LogP contribution in [0.25, 0.3) is 22.0 Å². The van der Waals surface area contributed by atoms with Gasteiger partial charge >= 0.3 is 12.0 Å². The van der Waals surface area contributed by atoms with Gasteiger partial charge in [0.05, 0.1) is 42.1 Å². The fourth-order valence-corrected chi connectivity index (χ4v) is 3.87. The van der Waals surface area contributed by atoms with Gasteiger partial charge in [-0.15, -0.1) is 0 Å². The molecule has 0 aliphatic rings. The molecule has 5 N–H and O–H groups in total. The fraction of sp³-hybridized carbons (Fsp3) is 0.192. The number of carboxylic acid groups (broad SMARTS) is 1. The van der Waals surface area contributed by atoms with Gasteiger partial charge in [-0.25, -0.2) is 9.78 Å². The third-order valence-electron chi connectivity index (χ3n) is 5.46. The molecule has 2 aromatic heterocycles. The van der Waals surface area contributed by atoms with Crippen LogP contribution in [0.3, 0.4) is 0 Å². The molecule has 0 spiro atoms. The molecule has 0 atom stereocenters. The zero-order valence-electron chi connectivity index (χ0n) is 20.7. The molecule has 37 heavy (non-hydrogen) atoms. The second-order valence-corrected chi connectivity index (χ2v) is 8.45. The van der Waals surface area contributed by atoms with Crippen LogP contribution in [0, 0.1) is 0 Å². The first-order chi connectivity index (χ1) is 17.7. The summed E-state index contributed by atoms with van der Waals surface area (Å²) in [6.45, 7) is 3.89. The van der Waals surface area contributed by atoms with Crippen LogP contribution in [0.15, 0.2) is 48.8 Å². The van der Waals surface area contributed by atoms with Crippen LogP contribution in [0.4, 0.5) is 17.1 Å². The summed E-state index contributed by atoms with van der Waals surface area (Å²) in [5, 5.41) is 16.6. The summed E-state index contributed by atoms with van der Waals surface area (Å²) in [5.74, 6) is -1.43. The van der Waals surface area contributed by atoms with Crippen molar-refractivity contribution in [2.45, 2.75) is 19.9 Å². The predicted molar refractivity (Wildman–Crippen MR) is 140 cm³/mol. The zero-order valence-corrected chi connectivity index (χ0v) is 20.7. The maximum atomic E-state index is 12.3. The minimum Gasteiger partial charge on any atom is -0.480 e. The molecule has 190 valence electrons. The van der Waals surface area contributed by atoms with E-state index in [9.17, 15) is 14.7 Å². The number of nitrogens with two attached hydrogens (primary N) is 1. The van der Waals surface area contributed by atoms with Gasteiger partial charge in [-0.1, -0.05) is 12.1 Å². The van der Waals surface area contributed by atoms with Gasteiger partial charge in [0.15, 0.2) is 0 Å². The number of fused-ring (bicyclic) bond motifs is 1. The van der Waals surface area contributed by atoms with E-state index in [0.717, 1.165) is 5.56 Å². The van der Waals surface area contributed by atoms with Crippen molar-refractivity contribution < 1.29 is 24.2 Å². The molecular weight excluding hydrogens is 476 g/mol. The molecule has 4 aromatic rings. The molecule has 4 rings (SSSR count). The molecule has 0 saturated carbocycles. The highest BCUT2D eigenvalue weighted by atomic mass is 16.5. The lowest BCUT2D eigenvalue weighted by atomic mass is 10.0. The van der Waals surface area contributed by atoms with Crippen LogP contribution < -0.4 is 25.8 Å². The number of ether oxygens (including phenoxy) is 2. The third-order valence-corrected chi connectivity index (χ3v) is 5.46. The standard InChI is InChI=1S/C26H26N6O5/c1-13(2)30-16-7-15(25(34)35)8-17(10-16)31-22-18-6-5-14(9-21(18)28-12-20(22)23(27)33)19-11-29-26(37-4)32-24(19)36-3/h5-13,30H,1-4H3,(H2,27,33)(H,28,31)(H,34,35). The molecule has 0 saturated heterocycles. The number of carboxylic acids is 1. The summed E-state index contributed by atoms with van der Waals surface area (Å²) in [6, 6.07) is 10.4. The quantitative estimate of drug-likeness (QED) is 0.262. The zero-order chi connectivity index (χ0) is 26.7. The van der Waals surface area contributed by atoms with Crippen LogP contribution in [0.1, 0.15) is 34.6 Å². The number of anilines is 3. The van der Waals surface area contributed by atoms with Gasteiger partial charge in [-0.2, -0.15) is 4.98 Å². The number of nitrogens with one attached hydrogen (secondary N) is 2. The van der Waals surface area contributed by atoms with Crippen molar-refractivity contribution in [2.24, 2.45) is 5.73 Å². The summed E-state index contributed by atoms with van der Waals surface area (Å²) < 4.78 is 10.5. The largest absolute Gasteiger partial charge is 0.480 e. The van der Waals surface area contributed by atoms with E-state index in [1.54, 1.807) is 30.5 Å². The number of primary amides is 1. The number of methoxy groups -OCH3 is 2. The van der Waals surface area contributed by atoms with Crippen molar-refractivity contribution in [3.8, 4) is 23.0 Å². The highest BCUT2D eigenvalue weighted by Crippen LogP contribution is 2.35. The second-order valence-electron chi connectivity index (χ2n) is 8.45. The van der Waals surface area contributed by atoms with Crippen LogP contribution in [-0.4, -0.2) is 52.2 Å². The van der Waals surface area contributed by atoms with Gasteiger partial charge in [0, 0.05) is 35.2 Å². The van der Waals surface area contributed by atoms with Crippen LogP contribution in [0.2, 0.25) is 0 Å². The molecule has 2 aromatic carbocycles. The van der Waals surface area contributed by atoms with E-state index in [1.807, 2.05) is 19.9 Å². The van der Waals surface area contributed by atoms with E-state index in [4.69, 9.17) is 15.2 Å². The Hall–Kier alpha value is -4.93. The maximum absolute atomic E-state index is 12.3. The van der Waals surface area contributed by atoms with Gasteiger partial charge in [0.2, 0.25) is 5.88 Å². The Bertz CT molecular complexity index is 1500. The van der Waals surface area contributed by atoms with Crippen molar-refractivity contribution in [3.63, 3.8) is 0 Å². The fourth-order valence-electron chi connectivity index (χ4n) is 3.87. The van der Waals surface area contributed by atoms with Crippen molar-refractivity contribution in [1.82, 2.24) is 15.0 Å². The van der Waals surface area contributed by atoms with E-state index < -0.39 is 11.9 Å². The average Bonchev–Trinajstić information content (AvgIpc) is 2.87. The smallest absolute Gasteiger partial charge is 0.335 e. The van der Waals surface area contributed by atoms with E-state index in [0.29, 0.717) is 39.4 Å². The Morgan fingerprint density at radius 3 is 2.41 bits per heavy atom. The monoisotopic (exact) mass is 502 g/mol. The summed E-state index contributed by atoms with van der Waals surface area (Å²) in [7, 11) is 2.96. The number of amides is 1. The number of hydrogen-bond acceptors (Lipinski definition) is 9. The molecule has 0 bridgehead atoms. The third kappa shape index (κ3) is 5.35. The number of aromatic nitrogens is 3. The van der Waals surface area contributed by atoms with Crippen LogP contribution in [-0.2, 0) is 0 Å².